The molecule has 0 aromatic rings. The summed E-state index contributed by atoms with van der Waals surface area (Å²) in [5, 5.41) is 3.15. The smallest absolute Gasteiger partial charge is 0.256 e. The first-order valence-electron chi connectivity index (χ1n) is 6.66. The molecule has 3 heteroatoms. The molecule has 1 rings (SSSR count). The van der Waals surface area contributed by atoms with Crippen LogP contribution in [-0.2, 0) is 0 Å². The lowest BCUT2D eigenvalue weighted by Gasteiger charge is -2.52. The summed E-state index contributed by atoms with van der Waals surface area (Å²) in [7, 11) is 0. The van der Waals surface area contributed by atoms with Crippen LogP contribution in [0.4, 0.5) is 8.78 Å². The maximum atomic E-state index is 13.5. The molecule has 1 N–H and O–H groups in total. The van der Waals surface area contributed by atoms with E-state index in [1.165, 1.54) is 0 Å². The van der Waals surface area contributed by atoms with Gasteiger partial charge in [-0.2, -0.15) is 0 Å². The summed E-state index contributed by atoms with van der Waals surface area (Å²) in [6, 6.07) is 0. The molecule has 0 aromatic heterocycles. The van der Waals surface area contributed by atoms with Crippen LogP contribution in [0.15, 0.2) is 0 Å². The Kier molecular flexibility index (Phi) is 4.23. The van der Waals surface area contributed by atoms with Gasteiger partial charge in [-0.1, -0.05) is 34.6 Å². The first kappa shape index (κ1) is 14.9. The van der Waals surface area contributed by atoms with Crippen LogP contribution < -0.4 is 5.32 Å². The minimum Gasteiger partial charge on any atom is -0.306 e. The maximum absolute atomic E-state index is 13.5. The number of hydrogen-bond acceptors (Lipinski definition) is 1. The van der Waals surface area contributed by atoms with Crippen molar-refractivity contribution in [2.75, 3.05) is 6.54 Å². The molecule has 0 heterocycles. The Morgan fingerprint density at radius 1 is 1.00 bits per heavy atom. The van der Waals surface area contributed by atoms with Gasteiger partial charge in [-0.3, -0.25) is 0 Å². The number of halogens is 2. The molecule has 1 saturated carbocycles. The van der Waals surface area contributed by atoms with Crippen LogP contribution in [0, 0.1) is 10.8 Å². The molecule has 0 aromatic carbocycles. The fourth-order valence-corrected chi connectivity index (χ4v) is 3.92. The molecule has 0 radical (unpaired) electrons. The van der Waals surface area contributed by atoms with Gasteiger partial charge in [0.25, 0.3) is 6.43 Å². The monoisotopic (exact) mass is 247 g/mol. The topological polar surface area (TPSA) is 12.0 Å². The summed E-state index contributed by atoms with van der Waals surface area (Å²) in [4.78, 5) is 0. The summed E-state index contributed by atoms with van der Waals surface area (Å²) >= 11 is 0. The molecule has 1 aliphatic rings. The van der Waals surface area contributed by atoms with Crippen molar-refractivity contribution in [3.8, 4) is 0 Å². The fraction of sp³-hybridized carbons (Fsp3) is 1.00. The van der Waals surface area contributed by atoms with Crippen molar-refractivity contribution in [2.45, 2.75) is 72.3 Å². The van der Waals surface area contributed by atoms with Crippen LogP contribution in [-0.4, -0.2) is 18.5 Å². The van der Waals surface area contributed by atoms with Crippen LogP contribution in [0.1, 0.15) is 60.3 Å². The molecule has 0 aliphatic heterocycles. The average molecular weight is 247 g/mol. The van der Waals surface area contributed by atoms with Crippen molar-refractivity contribution in [1.82, 2.24) is 5.32 Å². The van der Waals surface area contributed by atoms with Gasteiger partial charge < -0.3 is 5.32 Å². The predicted molar refractivity (Wildman–Crippen MR) is 68.4 cm³/mol. The van der Waals surface area contributed by atoms with Crippen LogP contribution in [0.3, 0.4) is 0 Å². The number of rotatable bonds is 4. The molecule has 0 amide bonds. The zero-order valence-electron chi connectivity index (χ0n) is 11.9. The predicted octanol–water partition coefficient (Wildman–Crippen LogP) is 4.23. The SMILES string of the molecule is CCCNC1(C(F)F)CC(C)(C)CC(C)(C)C1. The molecule has 0 unspecified atom stereocenters. The number of nitrogens with one attached hydrogen (secondary N) is 1. The Hall–Kier alpha value is -0.180. The first-order chi connectivity index (χ1) is 7.63. The van der Waals surface area contributed by atoms with E-state index < -0.39 is 12.0 Å². The lowest BCUT2D eigenvalue weighted by Crippen LogP contribution is -2.59. The molecule has 1 nitrogen and oxygen atoms in total. The third kappa shape index (κ3) is 3.64. The summed E-state index contributed by atoms with van der Waals surface area (Å²) in [5.41, 5.74) is -1.01. The van der Waals surface area contributed by atoms with E-state index in [4.69, 9.17) is 0 Å². The second-order valence-corrected chi connectivity index (χ2v) is 7.24. The van der Waals surface area contributed by atoms with Gasteiger partial charge in [-0.15, -0.1) is 0 Å². The van der Waals surface area contributed by atoms with Crippen molar-refractivity contribution in [2.24, 2.45) is 10.8 Å². The van der Waals surface area contributed by atoms with Gasteiger partial charge >= 0.3 is 0 Å². The maximum Gasteiger partial charge on any atom is 0.256 e. The highest BCUT2D eigenvalue weighted by molar-refractivity contribution is 5.04. The van der Waals surface area contributed by atoms with Crippen molar-refractivity contribution >= 4 is 0 Å². The van der Waals surface area contributed by atoms with E-state index in [2.05, 4.69) is 33.0 Å². The molecule has 102 valence electrons. The largest absolute Gasteiger partial charge is 0.306 e. The van der Waals surface area contributed by atoms with Crippen molar-refractivity contribution < 1.29 is 8.78 Å². The average Bonchev–Trinajstić information content (AvgIpc) is 2.09. The normalized spacial score (nSPS) is 26.1. The summed E-state index contributed by atoms with van der Waals surface area (Å²) < 4.78 is 27.0. The van der Waals surface area contributed by atoms with Crippen molar-refractivity contribution in [3.05, 3.63) is 0 Å². The zero-order chi connectivity index (χ0) is 13.3. The molecular formula is C14H27F2N. The Balaban J connectivity index is 2.95. The highest BCUT2D eigenvalue weighted by Crippen LogP contribution is 2.51. The van der Waals surface area contributed by atoms with E-state index in [0.717, 1.165) is 12.8 Å². The van der Waals surface area contributed by atoms with Gasteiger partial charge in [0.1, 0.15) is 0 Å². The molecule has 0 bridgehead atoms. The molecule has 1 aliphatic carbocycles. The molecule has 0 atom stereocenters. The zero-order valence-corrected chi connectivity index (χ0v) is 11.9. The van der Waals surface area contributed by atoms with Crippen molar-refractivity contribution in [3.63, 3.8) is 0 Å². The quantitative estimate of drug-likeness (QED) is 0.784. The van der Waals surface area contributed by atoms with E-state index >= 15 is 0 Å². The summed E-state index contributed by atoms with van der Waals surface area (Å²) in [6.45, 7) is 11.1. The fourth-order valence-electron chi connectivity index (χ4n) is 3.92. The van der Waals surface area contributed by atoms with E-state index in [1.807, 2.05) is 6.92 Å². The third-order valence-electron chi connectivity index (χ3n) is 3.69. The van der Waals surface area contributed by atoms with Crippen LogP contribution >= 0.6 is 0 Å². The summed E-state index contributed by atoms with van der Waals surface area (Å²) in [5.74, 6) is 0. The molecular weight excluding hydrogens is 220 g/mol. The molecule has 1 fully saturated rings. The van der Waals surface area contributed by atoms with Gasteiger partial charge in [0.15, 0.2) is 0 Å². The van der Waals surface area contributed by atoms with E-state index in [9.17, 15) is 8.78 Å². The Morgan fingerprint density at radius 2 is 1.47 bits per heavy atom. The van der Waals surface area contributed by atoms with Gasteiger partial charge in [0.05, 0.1) is 5.54 Å². The summed E-state index contributed by atoms with van der Waals surface area (Å²) in [6.07, 6.45) is 0.771. The first-order valence-corrected chi connectivity index (χ1v) is 6.66. The second-order valence-electron chi connectivity index (χ2n) is 7.24. The van der Waals surface area contributed by atoms with Crippen LogP contribution in [0.25, 0.3) is 0 Å². The van der Waals surface area contributed by atoms with Crippen molar-refractivity contribution in [1.29, 1.82) is 0 Å². The molecule has 0 spiro atoms. The number of hydrogen-bond donors (Lipinski definition) is 1. The Bertz CT molecular complexity index is 243. The van der Waals surface area contributed by atoms with E-state index in [-0.39, 0.29) is 10.8 Å². The standard InChI is InChI=1S/C14H27F2N/c1-6-7-17-14(11(15)16)9-12(2,3)8-13(4,5)10-14/h11,17H,6-10H2,1-5H3. The lowest BCUT2D eigenvalue weighted by atomic mass is 9.58. The Labute approximate surface area is 104 Å². The molecule has 0 saturated heterocycles. The lowest BCUT2D eigenvalue weighted by molar-refractivity contribution is -0.0639. The second kappa shape index (κ2) is 4.83. The minimum absolute atomic E-state index is 0.0150. The van der Waals surface area contributed by atoms with Gasteiger partial charge in [-0.25, -0.2) is 8.78 Å². The highest BCUT2D eigenvalue weighted by atomic mass is 19.3. The third-order valence-corrected chi connectivity index (χ3v) is 3.69. The van der Waals surface area contributed by atoms with E-state index in [1.54, 1.807) is 0 Å². The van der Waals surface area contributed by atoms with Gasteiger partial charge in [-0.05, 0) is 43.1 Å². The molecule has 17 heavy (non-hydrogen) atoms. The van der Waals surface area contributed by atoms with Gasteiger partial charge in [0.2, 0.25) is 0 Å². The van der Waals surface area contributed by atoms with E-state index in [0.29, 0.717) is 19.4 Å². The minimum atomic E-state index is -2.28. The van der Waals surface area contributed by atoms with Crippen LogP contribution in [0.5, 0.6) is 0 Å². The number of alkyl halides is 2. The van der Waals surface area contributed by atoms with Gasteiger partial charge in [0, 0.05) is 0 Å². The van der Waals surface area contributed by atoms with Crippen LogP contribution in [0.2, 0.25) is 0 Å². The Morgan fingerprint density at radius 3 is 1.82 bits per heavy atom. The highest BCUT2D eigenvalue weighted by Gasteiger charge is 2.51.